The quantitative estimate of drug-likeness (QED) is 0.542. The molecule has 7 nitrogen and oxygen atoms in total. The molecule has 5 rings (SSSR count). The average molecular weight is 515 g/mol. The molecule has 4 unspecified atom stereocenters. The Balaban J connectivity index is 1.24. The molecular weight excluding hydrogens is 474 g/mol. The van der Waals surface area contributed by atoms with Crippen molar-refractivity contribution in [3.63, 3.8) is 0 Å². The van der Waals surface area contributed by atoms with Gasteiger partial charge >= 0.3 is 0 Å². The predicted octanol–water partition coefficient (Wildman–Crippen LogP) is 4.51. The lowest BCUT2D eigenvalue weighted by Crippen LogP contribution is -2.53. The minimum Gasteiger partial charge on any atom is -0.348 e. The fraction of sp³-hybridized carbons (Fsp3) is 0.679. The van der Waals surface area contributed by atoms with Gasteiger partial charge in [0.15, 0.2) is 0 Å². The van der Waals surface area contributed by atoms with Crippen LogP contribution in [0.4, 0.5) is 8.78 Å². The number of aromatic nitrogens is 3. The zero-order valence-corrected chi connectivity index (χ0v) is 22.2. The highest BCUT2D eigenvalue weighted by Gasteiger charge is 2.42. The number of alkyl halides is 2. The van der Waals surface area contributed by atoms with Crippen LogP contribution in [0.25, 0.3) is 0 Å². The first kappa shape index (κ1) is 26.2. The van der Waals surface area contributed by atoms with Crippen LogP contribution in [0.15, 0.2) is 30.3 Å². The van der Waals surface area contributed by atoms with E-state index in [1.165, 1.54) is 12.8 Å². The predicted molar refractivity (Wildman–Crippen MR) is 139 cm³/mol. The smallest absolute Gasteiger partial charge is 0.260 e. The summed E-state index contributed by atoms with van der Waals surface area (Å²) in [5, 5.41) is 14.8. The maximum Gasteiger partial charge on any atom is 0.260 e. The van der Waals surface area contributed by atoms with Gasteiger partial charge in [0, 0.05) is 37.0 Å². The molecule has 0 spiro atoms. The van der Waals surface area contributed by atoms with Crippen molar-refractivity contribution in [2.75, 3.05) is 13.1 Å². The fourth-order valence-corrected chi connectivity index (χ4v) is 6.65. The normalized spacial score (nSPS) is 28.4. The topological polar surface area (TPSA) is 75.1 Å². The van der Waals surface area contributed by atoms with Gasteiger partial charge in [-0.05, 0) is 51.0 Å². The summed E-state index contributed by atoms with van der Waals surface area (Å²) in [7, 11) is 0. The summed E-state index contributed by atoms with van der Waals surface area (Å²) >= 11 is 0. The standard InChI is InChI=1S/C28H40F2N6O/c1-18(2)26-34-33-19(3)36(26)23-15-21-9-10-22(16-23)35(21)14-12-24(20-7-5-4-6-8-20)32-27(37)25-11-13-28(29,30)17-31-25/h4-8,18,21-25,31H,9-17H2,1-3H3,(H,32,37). The molecule has 3 aliphatic rings. The number of hydrogen-bond acceptors (Lipinski definition) is 5. The molecule has 0 aliphatic carbocycles. The Morgan fingerprint density at radius 1 is 1.11 bits per heavy atom. The van der Waals surface area contributed by atoms with Crippen molar-refractivity contribution < 1.29 is 13.6 Å². The third kappa shape index (κ3) is 5.72. The molecule has 37 heavy (non-hydrogen) atoms. The summed E-state index contributed by atoms with van der Waals surface area (Å²) in [6.45, 7) is 6.87. The molecular formula is C28H40F2N6O. The number of carbonyl (C=O) groups is 1. The van der Waals surface area contributed by atoms with Crippen LogP contribution in [0.3, 0.4) is 0 Å². The molecule has 1 amide bonds. The number of aryl methyl sites for hydroxylation is 1. The van der Waals surface area contributed by atoms with Crippen molar-refractivity contribution in [1.29, 1.82) is 0 Å². The monoisotopic (exact) mass is 514 g/mol. The van der Waals surface area contributed by atoms with E-state index in [2.05, 4.69) is 51.1 Å². The molecule has 1 aromatic carbocycles. The van der Waals surface area contributed by atoms with Crippen LogP contribution in [0.1, 0.15) is 94.0 Å². The highest BCUT2D eigenvalue weighted by Crippen LogP contribution is 2.42. The first-order chi connectivity index (χ1) is 17.7. The lowest BCUT2D eigenvalue weighted by atomic mass is 9.94. The van der Waals surface area contributed by atoms with Crippen LogP contribution >= 0.6 is 0 Å². The van der Waals surface area contributed by atoms with E-state index in [-0.39, 0.29) is 24.8 Å². The number of rotatable bonds is 8. The Morgan fingerprint density at radius 3 is 2.43 bits per heavy atom. The number of halogens is 2. The third-order valence-electron chi connectivity index (χ3n) is 8.55. The van der Waals surface area contributed by atoms with Gasteiger partial charge in [0.2, 0.25) is 5.91 Å². The molecule has 4 heterocycles. The van der Waals surface area contributed by atoms with Crippen molar-refractivity contribution in [1.82, 2.24) is 30.3 Å². The van der Waals surface area contributed by atoms with E-state index in [0.29, 0.717) is 24.0 Å². The van der Waals surface area contributed by atoms with E-state index >= 15 is 0 Å². The summed E-state index contributed by atoms with van der Waals surface area (Å²) in [6.07, 6.45) is 5.27. The number of benzene rings is 1. The number of amides is 1. The Hall–Kier alpha value is -2.39. The second kappa shape index (κ2) is 10.8. The summed E-state index contributed by atoms with van der Waals surface area (Å²) in [6, 6.07) is 10.8. The lowest BCUT2D eigenvalue weighted by molar-refractivity contribution is -0.126. The van der Waals surface area contributed by atoms with Gasteiger partial charge in [-0.25, -0.2) is 8.78 Å². The molecule has 4 atom stereocenters. The molecule has 3 fully saturated rings. The van der Waals surface area contributed by atoms with E-state index in [0.717, 1.165) is 43.0 Å². The van der Waals surface area contributed by atoms with Crippen LogP contribution in [0.5, 0.6) is 0 Å². The van der Waals surface area contributed by atoms with Crippen LogP contribution in [-0.2, 0) is 4.79 Å². The maximum absolute atomic E-state index is 13.6. The summed E-state index contributed by atoms with van der Waals surface area (Å²) in [4.78, 5) is 15.7. The van der Waals surface area contributed by atoms with Gasteiger partial charge in [-0.15, -0.1) is 10.2 Å². The summed E-state index contributed by atoms with van der Waals surface area (Å²) < 4.78 is 29.5. The number of nitrogens with one attached hydrogen (secondary N) is 2. The molecule has 9 heteroatoms. The Bertz CT molecular complexity index is 1050. The van der Waals surface area contributed by atoms with Gasteiger partial charge in [0.1, 0.15) is 11.6 Å². The highest BCUT2D eigenvalue weighted by atomic mass is 19.3. The van der Waals surface area contributed by atoms with Crippen molar-refractivity contribution in [2.45, 2.75) is 108 Å². The van der Waals surface area contributed by atoms with Gasteiger partial charge in [-0.2, -0.15) is 0 Å². The second-order valence-electron chi connectivity index (χ2n) is 11.5. The van der Waals surface area contributed by atoms with E-state index in [1.807, 2.05) is 30.3 Å². The van der Waals surface area contributed by atoms with E-state index in [4.69, 9.17) is 0 Å². The van der Waals surface area contributed by atoms with Crippen LogP contribution in [0.2, 0.25) is 0 Å². The first-order valence-electron chi connectivity index (χ1n) is 13.9. The van der Waals surface area contributed by atoms with Crippen molar-refractivity contribution in [3.05, 3.63) is 47.5 Å². The minimum atomic E-state index is -2.73. The van der Waals surface area contributed by atoms with Crippen molar-refractivity contribution in [2.24, 2.45) is 0 Å². The minimum absolute atomic E-state index is 0.150. The molecule has 0 radical (unpaired) electrons. The largest absolute Gasteiger partial charge is 0.348 e. The van der Waals surface area contributed by atoms with Crippen molar-refractivity contribution in [3.8, 4) is 0 Å². The molecule has 2 N–H and O–H groups in total. The van der Waals surface area contributed by atoms with Crippen LogP contribution in [0, 0.1) is 6.92 Å². The molecule has 3 aliphatic heterocycles. The summed E-state index contributed by atoms with van der Waals surface area (Å²) in [5.41, 5.74) is 1.06. The molecule has 1 aromatic heterocycles. The van der Waals surface area contributed by atoms with Gasteiger partial charge in [0.05, 0.1) is 18.6 Å². The van der Waals surface area contributed by atoms with Gasteiger partial charge in [-0.3, -0.25) is 9.69 Å². The SMILES string of the molecule is Cc1nnc(C(C)C)n1C1CC2CCC(C1)N2CCC(NC(=O)C1CCC(F)(F)CN1)c1ccccc1. The lowest BCUT2D eigenvalue weighted by Gasteiger charge is -2.40. The molecule has 202 valence electrons. The Kier molecular flexibility index (Phi) is 7.63. The Labute approximate surface area is 218 Å². The number of fused-ring (bicyclic) bond motifs is 2. The fourth-order valence-electron chi connectivity index (χ4n) is 6.65. The van der Waals surface area contributed by atoms with Crippen LogP contribution < -0.4 is 10.6 Å². The van der Waals surface area contributed by atoms with E-state index < -0.39 is 18.5 Å². The number of hydrogen-bond donors (Lipinski definition) is 2. The molecule has 2 aromatic rings. The van der Waals surface area contributed by atoms with E-state index in [9.17, 15) is 13.6 Å². The third-order valence-corrected chi connectivity index (χ3v) is 8.55. The maximum atomic E-state index is 13.6. The van der Waals surface area contributed by atoms with E-state index in [1.54, 1.807) is 0 Å². The molecule has 0 saturated carbocycles. The molecule has 3 saturated heterocycles. The average Bonchev–Trinajstić information content (AvgIpc) is 3.37. The van der Waals surface area contributed by atoms with Crippen molar-refractivity contribution >= 4 is 5.91 Å². The number of carbonyl (C=O) groups excluding carboxylic acids is 1. The van der Waals surface area contributed by atoms with Gasteiger partial charge < -0.3 is 15.2 Å². The van der Waals surface area contributed by atoms with Crippen LogP contribution in [-0.4, -0.2) is 62.7 Å². The highest BCUT2D eigenvalue weighted by molar-refractivity contribution is 5.82. The summed E-state index contributed by atoms with van der Waals surface area (Å²) in [5.74, 6) is -0.492. The second-order valence-corrected chi connectivity index (χ2v) is 11.5. The van der Waals surface area contributed by atoms with Gasteiger partial charge in [-0.1, -0.05) is 44.2 Å². The number of nitrogens with zero attached hydrogens (tertiary/aromatic N) is 4. The Morgan fingerprint density at radius 2 is 1.81 bits per heavy atom. The zero-order valence-electron chi connectivity index (χ0n) is 22.2. The van der Waals surface area contributed by atoms with Gasteiger partial charge in [0.25, 0.3) is 5.92 Å². The first-order valence-corrected chi connectivity index (χ1v) is 13.9. The molecule has 2 bridgehead atoms. The zero-order chi connectivity index (χ0) is 26.2. The number of piperidine rings is 2.